The third-order valence-electron chi connectivity index (χ3n) is 3.25. The predicted molar refractivity (Wildman–Crippen MR) is 92.6 cm³/mol. The molecule has 0 fully saturated rings. The van der Waals surface area contributed by atoms with Crippen LogP contribution in [0.25, 0.3) is 0 Å². The van der Waals surface area contributed by atoms with Crippen LogP contribution in [0.3, 0.4) is 0 Å². The maximum Gasteiger partial charge on any atom is 0.261 e. The second-order valence-electron chi connectivity index (χ2n) is 5.04. The first-order valence-electron chi connectivity index (χ1n) is 7.33. The molecule has 5 nitrogen and oxygen atoms in total. The number of carbonyl (C=O) groups excluding carboxylic acids is 2. The van der Waals surface area contributed by atoms with Crippen molar-refractivity contribution in [1.29, 1.82) is 0 Å². The highest BCUT2D eigenvalue weighted by atomic mass is 35.5. The molecule has 1 unspecified atom stereocenters. The smallest absolute Gasteiger partial charge is 0.261 e. The first-order valence-corrected chi connectivity index (χ1v) is 8.08. The lowest BCUT2D eigenvalue weighted by molar-refractivity contribution is -0.128. The van der Waals surface area contributed by atoms with E-state index in [-0.39, 0.29) is 16.8 Å². The van der Waals surface area contributed by atoms with Gasteiger partial charge in [0.05, 0.1) is 5.02 Å². The van der Waals surface area contributed by atoms with Gasteiger partial charge in [0.15, 0.2) is 6.10 Å². The number of pyridine rings is 1. The molecule has 7 heteroatoms. The van der Waals surface area contributed by atoms with Gasteiger partial charge in [0.2, 0.25) is 5.88 Å². The molecule has 0 radical (unpaired) electrons. The van der Waals surface area contributed by atoms with Crippen molar-refractivity contribution < 1.29 is 14.3 Å². The summed E-state index contributed by atoms with van der Waals surface area (Å²) in [5, 5.41) is 3.41. The van der Waals surface area contributed by atoms with E-state index in [2.05, 4.69) is 10.3 Å². The van der Waals surface area contributed by atoms with E-state index in [1.54, 1.807) is 18.2 Å². The largest absolute Gasteiger partial charge is 0.463 e. The number of hydrogen-bond acceptors (Lipinski definition) is 4. The van der Waals surface area contributed by atoms with E-state index < -0.39 is 6.10 Å². The van der Waals surface area contributed by atoms with Crippen LogP contribution in [0.2, 0.25) is 10.0 Å². The number of rotatable bonds is 7. The first kappa shape index (κ1) is 18.2. The Bertz CT molecular complexity index is 738. The molecule has 0 aliphatic heterocycles. The minimum atomic E-state index is -0.731. The van der Waals surface area contributed by atoms with E-state index in [9.17, 15) is 9.59 Å². The Balaban J connectivity index is 1.99. The number of nitrogens with one attached hydrogen (secondary N) is 1. The number of aldehydes is 1. The lowest BCUT2D eigenvalue weighted by Gasteiger charge is -2.17. The fraction of sp³-hybridized carbons (Fsp3) is 0.235. The third kappa shape index (κ3) is 4.94. The van der Waals surface area contributed by atoms with Gasteiger partial charge in [0, 0.05) is 18.3 Å². The Hall–Kier alpha value is -2.11. The molecule has 2 rings (SSSR count). The summed E-state index contributed by atoms with van der Waals surface area (Å²) in [5.74, 6) is -0.132. The van der Waals surface area contributed by atoms with Crippen LogP contribution in [-0.2, 0) is 11.3 Å². The molecule has 0 spiro atoms. The molecule has 1 aromatic heterocycles. The molecule has 0 aliphatic carbocycles. The maximum atomic E-state index is 12.3. The summed E-state index contributed by atoms with van der Waals surface area (Å²) in [6.07, 6.45) is 1.88. The summed E-state index contributed by atoms with van der Waals surface area (Å²) in [5.41, 5.74) is 1.38. The van der Waals surface area contributed by atoms with Crippen molar-refractivity contribution in [2.24, 2.45) is 0 Å². The molecular weight excluding hydrogens is 351 g/mol. The van der Waals surface area contributed by atoms with E-state index in [1.807, 2.05) is 13.0 Å². The molecule has 2 aromatic rings. The van der Waals surface area contributed by atoms with Crippen LogP contribution in [0.15, 0.2) is 36.5 Å². The Morgan fingerprint density at radius 1 is 1.38 bits per heavy atom. The Morgan fingerprint density at radius 2 is 2.17 bits per heavy atom. The topological polar surface area (TPSA) is 68.3 Å². The predicted octanol–water partition coefficient (Wildman–Crippen LogP) is 3.67. The van der Waals surface area contributed by atoms with Crippen molar-refractivity contribution in [3.63, 3.8) is 0 Å². The second kappa shape index (κ2) is 8.66. The van der Waals surface area contributed by atoms with Crippen LogP contribution >= 0.6 is 23.2 Å². The SMILES string of the molecule is CCC(Oc1ncc(Cl)cc1Cl)C(=O)NCc1cccc(C=O)c1. The van der Waals surface area contributed by atoms with E-state index in [4.69, 9.17) is 27.9 Å². The summed E-state index contributed by atoms with van der Waals surface area (Å²) in [6, 6.07) is 8.50. The molecule has 0 bridgehead atoms. The number of ether oxygens (including phenoxy) is 1. The molecule has 126 valence electrons. The van der Waals surface area contributed by atoms with Crippen molar-refractivity contribution in [2.45, 2.75) is 26.0 Å². The highest BCUT2D eigenvalue weighted by Crippen LogP contribution is 2.25. The fourth-order valence-corrected chi connectivity index (χ4v) is 2.45. The Labute approximate surface area is 149 Å². The molecule has 0 saturated carbocycles. The Kier molecular flexibility index (Phi) is 6.58. The molecular formula is C17H16Cl2N2O3. The summed E-state index contributed by atoms with van der Waals surface area (Å²) in [6.45, 7) is 2.11. The molecule has 1 heterocycles. The number of benzene rings is 1. The van der Waals surface area contributed by atoms with Crippen molar-refractivity contribution in [2.75, 3.05) is 0 Å². The summed E-state index contributed by atoms with van der Waals surface area (Å²) < 4.78 is 5.57. The summed E-state index contributed by atoms with van der Waals surface area (Å²) in [7, 11) is 0. The number of aromatic nitrogens is 1. The zero-order valence-electron chi connectivity index (χ0n) is 13.0. The van der Waals surface area contributed by atoms with Crippen molar-refractivity contribution in [3.05, 3.63) is 57.7 Å². The molecule has 1 aromatic carbocycles. The maximum absolute atomic E-state index is 12.3. The van der Waals surface area contributed by atoms with Crippen molar-refractivity contribution >= 4 is 35.4 Å². The van der Waals surface area contributed by atoms with Crippen LogP contribution in [0, 0.1) is 0 Å². The molecule has 1 N–H and O–H groups in total. The average molecular weight is 367 g/mol. The fourth-order valence-electron chi connectivity index (χ4n) is 2.03. The van der Waals surface area contributed by atoms with Crippen LogP contribution in [0.4, 0.5) is 0 Å². The Morgan fingerprint density at radius 3 is 2.83 bits per heavy atom. The van der Waals surface area contributed by atoms with Gasteiger partial charge < -0.3 is 10.1 Å². The standard InChI is InChI=1S/C17H16Cl2N2O3/c1-2-15(24-17-14(19)7-13(18)9-21-17)16(23)20-8-11-4-3-5-12(6-11)10-22/h3-7,9-10,15H,2,8H2,1H3,(H,20,23). The van der Waals surface area contributed by atoms with E-state index in [1.165, 1.54) is 12.3 Å². The second-order valence-corrected chi connectivity index (χ2v) is 5.88. The van der Waals surface area contributed by atoms with Gasteiger partial charge in [0.1, 0.15) is 11.3 Å². The zero-order chi connectivity index (χ0) is 17.5. The monoisotopic (exact) mass is 366 g/mol. The minimum absolute atomic E-state index is 0.158. The van der Waals surface area contributed by atoms with Gasteiger partial charge in [-0.2, -0.15) is 0 Å². The van der Waals surface area contributed by atoms with Crippen LogP contribution < -0.4 is 10.1 Å². The lowest BCUT2D eigenvalue weighted by Crippen LogP contribution is -2.37. The molecule has 0 aliphatic rings. The van der Waals surface area contributed by atoms with E-state index >= 15 is 0 Å². The molecule has 24 heavy (non-hydrogen) atoms. The minimum Gasteiger partial charge on any atom is -0.463 e. The number of carbonyl (C=O) groups is 2. The molecule has 0 saturated heterocycles. The van der Waals surface area contributed by atoms with Crippen LogP contribution in [0.1, 0.15) is 29.3 Å². The van der Waals surface area contributed by atoms with Gasteiger partial charge in [0.25, 0.3) is 5.91 Å². The molecule has 1 amide bonds. The van der Waals surface area contributed by atoms with Crippen LogP contribution in [0.5, 0.6) is 5.88 Å². The van der Waals surface area contributed by atoms with Crippen LogP contribution in [-0.4, -0.2) is 23.3 Å². The van der Waals surface area contributed by atoms with Crippen molar-refractivity contribution in [3.8, 4) is 5.88 Å². The normalized spacial score (nSPS) is 11.6. The van der Waals surface area contributed by atoms with Gasteiger partial charge in [-0.05, 0) is 24.1 Å². The lowest BCUT2D eigenvalue weighted by atomic mass is 10.1. The number of halogens is 2. The number of hydrogen-bond donors (Lipinski definition) is 1. The van der Waals surface area contributed by atoms with Gasteiger partial charge >= 0.3 is 0 Å². The van der Waals surface area contributed by atoms with Crippen molar-refractivity contribution in [1.82, 2.24) is 10.3 Å². The summed E-state index contributed by atoms with van der Waals surface area (Å²) >= 11 is 11.8. The van der Waals surface area contributed by atoms with E-state index in [0.29, 0.717) is 23.6 Å². The quantitative estimate of drug-likeness (QED) is 0.759. The highest BCUT2D eigenvalue weighted by molar-refractivity contribution is 6.35. The number of amides is 1. The van der Waals surface area contributed by atoms with Gasteiger partial charge in [-0.15, -0.1) is 0 Å². The third-order valence-corrected chi connectivity index (χ3v) is 3.72. The summed E-state index contributed by atoms with van der Waals surface area (Å²) in [4.78, 5) is 27.0. The number of nitrogens with zero attached hydrogens (tertiary/aromatic N) is 1. The molecule has 1 atom stereocenters. The highest BCUT2D eigenvalue weighted by Gasteiger charge is 2.20. The average Bonchev–Trinajstić information content (AvgIpc) is 2.59. The van der Waals surface area contributed by atoms with Gasteiger partial charge in [-0.3, -0.25) is 9.59 Å². The first-order chi connectivity index (χ1) is 11.5. The van der Waals surface area contributed by atoms with E-state index in [0.717, 1.165) is 11.8 Å². The van der Waals surface area contributed by atoms with Gasteiger partial charge in [-0.1, -0.05) is 48.3 Å². The van der Waals surface area contributed by atoms with Gasteiger partial charge in [-0.25, -0.2) is 4.98 Å². The zero-order valence-corrected chi connectivity index (χ0v) is 14.5.